The van der Waals surface area contributed by atoms with Crippen molar-refractivity contribution in [1.29, 1.82) is 0 Å². The fourth-order valence-electron chi connectivity index (χ4n) is 2.16. The number of aryl methyl sites for hydroxylation is 1. The largest absolute Gasteiger partial charge is 0.459 e. The van der Waals surface area contributed by atoms with Crippen LogP contribution in [-0.4, -0.2) is 29.9 Å². The van der Waals surface area contributed by atoms with E-state index in [0.29, 0.717) is 13.0 Å². The molecule has 2 aromatic rings. The van der Waals surface area contributed by atoms with Crippen LogP contribution in [0.15, 0.2) is 47.1 Å². The van der Waals surface area contributed by atoms with E-state index in [4.69, 9.17) is 4.42 Å². The Morgan fingerprint density at radius 2 is 1.96 bits per heavy atom. The summed E-state index contributed by atoms with van der Waals surface area (Å²) in [6.45, 7) is 2.45. The molecule has 0 aliphatic heterocycles. The quantitative estimate of drug-likeness (QED) is 0.771. The zero-order chi connectivity index (χ0) is 17.4. The predicted octanol–water partition coefficient (Wildman–Crippen LogP) is 2.76. The third kappa shape index (κ3) is 5.45. The first-order valence-corrected chi connectivity index (χ1v) is 9.16. The molecule has 5 nitrogen and oxygen atoms in total. The summed E-state index contributed by atoms with van der Waals surface area (Å²) in [5.41, 5.74) is 2.20. The summed E-state index contributed by atoms with van der Waals surface area (Å²) in [5.74, 6) is 0.415. The van der Waals surface area contributed by atoms with Gasteiger partial charge in [-0.25, -0.2) is 0 Å². The monoisotopic (exact) mass is 346 g/mol. The van der Waals surface area contributed by atoms with Crippen LogP contribution < -0.4 is 10.6 Å². The summed E-state index contributed by atoms with van der Waals surface area (Å²) < 4.78 is 5.07. The van der Waals surface area contributed by atoms with E-state index in [1.54, 1.807) is 23.9 Å². The highest BCUT2D eigenvalue weighted by Gasteiger charge is 2.21. The number of amides is 2. The van der Waals surface area contributed by atoms with Gasteiger partial charge in [0.25, 0.3) is 5.91 Å². The van der Waals surface area contributed by atoms with E-state index in [0.717, 1.165) is 11.3 Å². The fraction of sp³-hybridized carbons (Fsp3) is 0.333. The first-order valence-electron chi connectivity index (χ1n) is 7.76. The molecule has 1 unspecified atom stereocenters. The minimum atomic E-state index is -0.583. The van der Waals surface area contributed by atoms with Gasteiger partial charge < -0.3 is 15.1 Å². The molecule has 1 aromatic heterocycles. The molecule has 128 valence electrons. The van der Waals surface area contributed by atoms with Gasteiger partial charge in [-0.15, -0.1) is 0 Å². The molecule has 0 bridgehead atoms. The Balaban J connectivity index is 1.93. The number of carbonyl (C=O) groups is 2. The van der Waals surface area contributed by atoms with Gasteiger partial charge >= 0.3 is 0 Å². The highest BCUT2D eigenvalue weighted by Crippen LogP contribution is 2.06. The van der Waals surface area contributed by atoms with Crippen LogP contribution in [0.25, 0.3) is 0 Å². The smallest absolute Gasteiger partial charge is 0.287 e. The van der Waals surface area contributed by atoms with Crippen molar-refractivity contribution in [2.24, 2.45) is 0 Å². The van der Waals surface area contributed by atoms with Gasteiger partial charge in [-0.1, -0.05) is 29.8 Å². The molecule has 1 aromatic carbocycles. The topological polar surface area (TPSA) is 71.3 Å². The molecule has 6 heteroatoms. The van der Waals surface area contributed by atoms with Gasteiger partial charge in [0.05, 0.1) is 6.26 Å². The van der Waals surface area contributed by atoms with Gasteiger partial charge in [0.2, 0.25) is 5.91 Å². The van der Waals surface area contributed by atoms with E-state index in [1.165, 1.54) is 11.8 Å². The minimum absolute atomic E-state index is 0.190. The molecule has 1 heterocycles. The number of hydrogen-bond donors (Lipinski definition) is 2. The molecule has 0 aliphatic rings. The van der Waals surface area contributed by atoms with E-state index in [9.17, 15) is 9.59 Å². The van der Waals surface area contributed by atoms with Crippen LogP contribution in [0, 0.1) is 6.92 Å². The van der Waals surface area contributed by atoms with E-state index < -0.39 is 6.04 Å². The van der Waals surface area contributed by atoms with Crippen LogP contribution in [-0.2, 0) is 11.3 Å². The third-order valence-electron chi connectivity index (χ3n) is 3.56. The van der Waals surface area contributed by atoms with Gasteiger partial charge in [0.1, 0.15) is 6.04 Å². The van der Waals surface area contributed by atoms with Crippen molar-refractivity contribution in [2.75, 3.05) is 12.0 Å². The predicted molar refractivity (Wildman–Crippen MR) is 96.0 cm³/mol. The van der Waals surface area contributed by atoms with Crippen LogP contribution in [0.1, 0.15) is 28.1 Å². The number of carbonyl (C=O) groups excluding carboxylic acids is 2. The SMILES string of the molecule is CSCCC(NC(=O)c1ccco1)C(=O)NCc1ccc(C)cc1. The van der Waals surface area contributed by atoms with E-state index in [-0.39, 0.29) is 17.6 Å². The Hall–Kier alpha value is -2.21. The van der Waals surface area contributed by atoms with Crippen LogP contribution in [0.5, 0.6) is 0 Å². The lowest BCUT2D eigenvalue weighted by Crippen LogP contribution is -2.46. The first kappa shape index (κ1) is 18.1. The van der Waals surface area contributed by atoms with Crippen molar-refractivity contribution in [3.63, 3.8) is 0 Å². The normalized spacial score (nSPS) is 11.8. The van der Waals surface area contributed by atoms with Crippen LogP contribution in [0.4, 0.5) is 0 Å². The summed E-state index contributed by atoms with van der Waals surface area (Å²) in [6.07, 6.45) is 3.96. The maximum absolute atomic E-state index is 12.4. The maximum atomic E-state index is 12.4. The summed E-state index contributed by atoms with van der Waals surface area (Å²) in [7, 11) is 0. The Labute approximate surface area is 146 Å². The molecule has 0 fully saturated rings. The van der Waals surface area contributed by atoms with Gasteiger partial charge in [-0.05, 0) is 43.0 Å². The van der Waals surface area contributed by atoms with Gasteiger partial charge in [-0.3, -0.25) is 9.59 Å². The zero-order valence-electron chi connectivity index (χ0n) is 13.9. The maximum Gasteiger partial charge on any atom is 0.287 e. The zero-order valence-corrected chi connectivity index (χ0v) is 14.7. The van der Waals surface area contributed by atoms with E-state index in [2.05, 4.69) is 10.6 Å². The van der Waals surface area contributed by atoms with Crippen LogP contribution in [0.3, 0.4) is 0 Å². The number of nitrogens with one attached hydrogen (secondary N) is 2. The molecule has 0 saturated carbocycles. The van der Waals surface area contributed by atoms with Crippen LogP contribution >= 0.6 is 11.8 Å². The third-order valence-corrected chi connectivity index (χ3v) is 4.21. The lowest BCUT2D eigenvalue weighted by molar-refractivity contribution is -0.123. The van der Waals surface area contributed by atoms with Crippen molar-refractivity contribution < 1.29 is 14.0 Å². The summed E-state index contributed by atoms with van der Waals surface area (Å²) in [6, 6.07) is 10.6. The molecular weight excluding hydrogens is 324 g/mol. The van der Waals surface area contributed by atoms with E-state index in [1.807, 2.05) is 37.4 Å². The molecule has 0 aliphatic carbocycles. The van der Waals surface area contributed by atoms with Gasteiger partial charge in [0, 0.05) is 6.54 Å². The Kier molecular flexibility index (Phi) is 6.93. The van der Waals surface area contributed by atoms with Gasteiger partial charge in [-0.2, -0.15) is 11.8 Å². The Morgan fingerprint density at radius 3 is 2.58 bits per heavy atom. The fourth-order valence-corrected chi connectivity index (χ4v) is 2.63. The van der Waals surface area contributed by atoms with Crippen molar-refractivity contribution in [3.05, 3.63) is 59.5 Å². The first-order chi connectivity index (χ1) is 11.6. The molecule has 24 heavy (non-hydrogen) atoms. The molecule has 1 atom stereocenters. The van der Waals surface area contributed by atoms with Crippen molar-refractivity contribution in [3.8, 4) is 0 Å². The molecule has 0 saturated heterocycles. The van der Waals surface area contributed by atoms with Crippen molar-refractivity contribution >= 4 is 23.6 Å². The molecule has 0 spiro atoms. The highest BCUT2D eigenvalue weighted by atomic mass is 32.2. The second-order valence-corrected chi connectivity index (χ2v) is 6.47. The Morgan fingerprint density at radius 1 is 1.21 bits per heavy atom. The number of thioether (sulfide) groups is 1. The second kappa shape index (κ2) is 9.17. The standard InChI is InChI=1S/C18H22N2O3S/c1-13-5-7-14(8-6-13)12-19-17(21)15(9-11-24-2)20-18(22)16-4-3-10-23-16/h3-8,10,15H,9,11-12H2,1-2H3,(H,19,21)(H,20,22). The number of rotatable bonds is 8. The van der Waals surface area contributed by atoms with Gasteiger partial charge in [0.15, 0.2) is 5.76 Å². The Bertz CT molecular complexity index is 653. The average Bonchev–Trinajstić information content (AvgIpc) is 3.12. The van der Waals surface area contributed by atoms with E-state index >= 15 is 0 Å². The second-order valence-electron chi connectivity index (χ2n) is 5.49. The van der Waals surface area contributed by atoms with Crippen molar-refractivity contribution in [1.82, 2.24) is 10.6 Å². The number of hydrogen-bond acceptors (Lipinski definition) is 4. The molecular formula is C18H22N2O3S. The summed E-state index contributed by atoms with van der Waals surface area (Å²) in [5, 5.41) is 5.63. The van der Waals surface area contributed by atoms with Crippen LogP contribution in [0.2, 0.25) is 0 Å². The molecule has 2 amide bonds. The lowest BCUT2D eigenvalue weighted by Gasteiger charge is -2.17. The summed E-state index contributed by atoms with van der Waals surface area (Å²) in [4.78, 5) is 24.5. The molecule has 2 N–H and O–H groups in total. The highest BCUT2D eigenvalue weighted by molar-refractivity contribution is 7.98. The van der Waals surface area contributed by atoms with Crippen molar-refractivity contribution in [2.45, 2.75) is 25.9 Å². The number of furan rings is 1. The molecule has 2 rings (SSSR count). The number of benzene rings is 1. The lowest BCUT2D eigenvalue weighted by atomic mass is 10.1. The minimum Gasteiger partial charge on any atom is -0.459 e. The average molecular weight is 346 g/mol. The summed E-state index contributed by atoms with van der Waals surface area (Å²) >= 11 is 1.63. The molecule has 0 radical (unpaired) electrons.